The van der Waals surface area contributed by atoms with Crippen LogP contribution in [0.2, 0.25) is 0 Å². The van der Waals surface area contributed by atoms with E-state index in [9.17, 15) is 9.59 Å². The second-order valence-electron chi connectivity index (χ2n) is 5.62. The summed E-state index contributed by atoms with van der Waals surface area (Å²) in [5.41, 5.74) is 1.12. The Labute approximate surface area is 153 Å². The first kappa shape index (κ1) is 16.8. The van der Waals surface area contributed by atoms with Crippen LogP contribution in [0.5, 0.6) is 5.75 Å². The van der Waals surface area contributed by atoms with Crippen LogP contribution in [0.1, 0.15) is 23.2 Å². The van der Waals surface area contributed by atoms with Gasteiger partial charge in [-0.1, -0.05) is 12.1 Å². The van der Waals surface area contributed by atoms with Gasteiger partial charge in [-0.25, -0.2) is 0 Å². The minimum Gasteiger partial charge on any atom is -0.484 e. The van der Waals surface area contributed by atoms with Crippen molar-refractivity contribution in [3.8, 4) is 5.75 Å². The minimum atomic E-state index is -0.270. The van der Waals surface area contributed by atoms with E-state index in [-0.39, 0.29) is 18.4 Å². The molecule has 1 aliphatic rings. The zero-order valence-electron chi connectivity index (χ0n) is 12.9. The largest absolute Gasteiger partial charge is 0.484 e. The summed E-state index contributed by atoms with van der Waals surface area (Å²) in [4.78, 5) is 24.0. The van der Waals surface area contributed by atoms with Gasteiger partial charge in [0, 0.05) is 20.9 Å². The van der Waals surface area contributed by atoms with E-state index in [1.54, 1.807) is 30.3 Å². The number of hydrogen-bond donors (Lipinski definition) is 2. The smallest absolute Gasteiger partial charge is 0.262 e. The average molecular weight is 436 g/mol. The Bertz CT molecular complexity index is 759. The van der Waals surface area contributed by atoms with Gasteiger partial charge < -0.3 is 15.4 Å². The van der Waals surface area contributed by atoms with Crippen LogP contribution < -0.4 is 15.4 Å². The molecule has 0 aliphatic heterocycles. The summed E-state index contributed by atoms with van der Waals surface area (Å²) in [6.07, 6.45) is 2.08. The molecule has 2 amide bonds. The van der Waals surface area contributed by atoms with E-state index in [1.807, 2.05) is 18.2 Å². The first-order chi connectivity index (χ1) is 11.6. The number of hydrogen-bond acceptors (Lipinski definition) is 3. The number of amides is 2. The fraction of sp³-hybridized carbons (Fsp3) is 0.222. The van der Waals surface area contributed by atoms with Crippen molar-refractivity contribution in [1.82, 2.24) is 5.32 Å². The quantitative estimate of drug-likeness (QED) is 0.684. The van der Waals surface area contributed by atoms with Gasteiger partial charge in [-0.3, -0.25) is 9.59 Å². The summed E-state index contributed by atoms with van der Waals surface area (Å²) in [7, 11) is 0. The molecule has 5 nitrogen and oxygen atoms in total. The predicted octanol–water partition coefficient (Wildman–Crippen LogP) is 3.20. The number of anilines is 1. The summed E-state index contributed by atoms with van der Waals surface area (Å²) in [5.74, 6) is 0.270. The van der Waals surface area contributed by atoms with Gasteiger partial charge in [0.15, 0.2) is 6.61 Å². The number of rotatable bonds is 6. The molecule has 3 rings (SSSR count). The Balaban J connectivity index is 1.54. The maximum absolute atomic E-state index is 12.0. The van der Waals surface area contributed by atoms with E-state index in [0.29, 0.717) is 23.0 Å². The normalized spacial score (nSPS) is 13.2. The van der Waals surface area contributed by atoms with E-state index in [2.05, 4.69) is 33.2 Å². The summed E-state index contributed by atoms with van der Waals surface area (Å²) in [6.45, 7) is -0.0847. The molecule has 2 N–H and O–H groups in total. The van der Waals surface area contributed by atoms with Gasteiger partial charge in [0.2, 0.25) is 0 Å². The lowest BCUT2D eigenvalue weighted by Crippen LogP contribution is -2.25. The van der Waals surface area contributed by atoms with Crippen LogP contribution in [0.25, 0.3) is 0 Å². The van der Waals surface area contributed by atoms with Gasteiger partial charge in [-0.15, -0.1) is 0 Å². The number of halogens is 1. The molecule has 6 heteroatoms. The van der Waals surface area contributed by atoms with Crippen LogP contribution in [0.15, 0.2) is 48.5 Å². The second-order valence-corrected chi connectivity index (χ2v) is 6.87. The van der Waals surface area contributed by atoms with E-state index in [4.69, 9.17) is 4.74 Å². The molecular weight excluding hydrogens is 419 g/mol. The lowest BCUT2D eigenvalue weighted by atomic mass is 10.2. The van der Waals surface area contributed by atoms with Crippen molar-refractivity contribution in [3.63, 3.8) is 0 Å². The van der Waals surface area contributed by atoms with Crippen molar-refractivity contribution in [3.05, 3.63) is 57.7 Å². The molecule has 0 unspecified atom stereocenters. The molecule has 0 heterocycles. The minimum absolute atomic E-state index is 0.0847. The maximum atomic E-state index is 12.0. The highest BCUT2D eigenvalue weighted by Crippen LogP contribution is 2.20. The first-order valence-corrected chi connectivity index (χ1v) is 8.77. The molecule has 1 saturated carbocycles. The van der Waals surface area contributed by atoms with Crippen LogP contribution in [0, 0.1) is 3.57 Å². The summed E-state index contributed by atoms with van der Waals surface area (Å²) in [6, 6.07) is 14.7. The molecule has 1 aliphatic carbocycles. The van der Waals surface area contributed by atoms with Gasteiger partial charge in [-0.2, -0.15) is 0 Å². The lowest BCUT2D eigenvalue weighted by molar-refractivity contribution is -0.118. The van der Waals surface area contributed by atoms with Crippen molar-refractivity contribution in [1.29, 1.82) is 0 Å². The van der Waals surface area contributed by atoms with Gasteiger partial charge in [0.25, 0.3) is 11.8 Å². The van der Waals surface area contributed by atoms with E-state index >= 15 is 0 Å². The topological polar surface area (TPSA) is 67.4 Å². The Morgan fingerprint density at radius 2 is 1.92 bits per heavy atom. The Kier molecular flexibility index (Phi) is 5.34. The van der Waals surface area contributed by atoms with Crippen LogP contribution in [0.3, 0.4) is 0 Å². The molecular formula is C18H17IN2O3. The number of ether oxygens (including phenoxy) is 1. The average Bonchev–Trinajstić information content (AvgIpc) is 3.37. The second kappa shape index (κ2) is 7.65. The van der Waals surface area contributed by atoms with Crippen LogP contribution in [-0.2, 0) is 4.79 Å². The molecule has 0 atom stereocenters. The molecule has 2 aromatic carbocycles. The van der Waals surface area contributed by atoms with Gasteiger partial charge in [0.1, 0.15) is 5.75 Å². The fourth-order valence-electron chi connectivity index (χ4n) is 2.14. The Morgan fingerprint density at radius 1 is 1.12 bits per heavy atom. The van der Waals surface area contributed by atoms with Gasteiger partial charge >= 0.3 is 0 Å². The van der Waals surface area contributed by atoms with Crippen LogP contribution >= 0.6 is 22.6 Å². The Morgan fingerprint density at radius 3 is 2.67 bits per heavy atom. The molecule has 0 saturated heterocycles. The molecule has 24 heavy (non-hydrogen) atoms. The first-order valence-electron chi connectivity index (χ1n) is 7.69. The maximum Gasteiger partial charge on any atom is 0.262 e. The monoisotopic (exact) mass is 436 g/mol. The van der Waals surface area contributed by atoms with E-state index in [0.717, 1.165) is 16.4 Å². The van der Waals surface area contributed by atoms with Crippen molar-refractivity contribution in [2.24, 2.45) is 0 Å². The van der Waals surface area contributed by atoms with E-state index < -0.39 is 0 Å². The standard InChI is InChI=1S/C18H17IN2O3/c19-13-4-2-6-16(10-13)24-11-17(22)20-15-5-1-3-12(9-15)18(23)21-14-7-8-14/h1-6,9-10,14H,7-8,11H2,(H,20,22)(H,21,23). The highest BCUT2D eigenvalue weighted by atomic mass is 127. The summed E-state index contributed by atoms with van der Waals surface area (Å²) in [5, 5.41) is 5.67. The third-order valence-electron chi connectivity index (χ3n) is 3.49. The molecule has 124 valence electrons. The highest BCUT2D eigenvalue weighted by molar-refractivity contribution is 14.1. The van der Waals surface area contributed by atoms with Crippen LogP contribution in [0.4, 0.5) is 5.69 Å². The lowest BCUT2D eigenvalue weighted by Gasteiger charge is -2.09. The third kappa shape index (κ3) is 4.95. The highest BCUT2D eigenvalue weighted by Gasteiger charge is 2.23. The van der Waals surface area contributed by atoms with Crippen molar-refractivity contribution in [2.45, 2.75) is 18.9 Å². The molecule has 0 aromatic heterocycles. The fourth-order valence-corrected chi connectivity index (χ4v) is 2.65. The van der Waals surface area contributed by atoms with Crippen LogP contribution in [-0.4, -0.2) is 24.5 Å². The SMILES string of the molecule is O=C(COc1cccc(I)c1)Nc1cccc(C(=O)NC2CC2)c1. The number of carbonyl (C=O) groups is 2. The van der Waals surface area contributed by atoms with Crippen molar-refractivity contribution >= 4 is 40.1 Å². The molecule has 2 aromatic rings. The number of nitrogens with one attached hydrogen (secondary N) is 2. The molecule has 1 fully saturated rings. The number of benzene rings is 2. The van der Waals surface area contributed by atoms with Gasteiger partial charge in [0.05, 0.1) is 0 Å². The van der Waals surface area contributed by atoms with E-state index in [1.165, 1.54) is 0 Å². The third-order valence-corrected chi connectivity index (χ3v) is 4.16. The molecule has 0 bridgehead atoms. The predicted molar refractivity (Wildman–Crippen MR) is 100 cm³/mol. The zero-order valence-corrected chi connectivity index (χ0v) is 15.1. The van der Waals surface area contributed by atoms with Gasteiger partial charge in [-0.05, 0) is 71.8 Å². The zero-order chi connectivity index (χ0) is 16.9. The van der Waals surface area contributed by atoms with Crippen molar-refractivity contribution in [2.75, 3.05) is 11.9 Å². The van der Waals surface area contributed by atoms with Crippen molar-refractivity contribution < 1.29 is 14.3 Å². The summed E-state index contributed by atoms with van der Waals surface area (Å²) < 4.78 is 6.50. The summed E-state index contributed by atoms with van der Waals surface area (Å²) >= 11 is 2.18. The molecule has 0 spiro atoms. The Hall–Kier alpha value is -2.09. The molecule has 0 radical (unpaired) electrons. The number of carbonyl (C=O) groups excluding carboxylic acids is 2.